The highest BCUT2D eigenvalue weighted by atomic mass is 32.2. The number of nitrogens with zero attached hydrogens (tertiary/aromatic N) is 1. The predicted octanol–water partition coefficient (Wildman–Crippen LogP) is 4.00. The van der Waals surface area contributed by atoms with Crippen molar-refractivity contribution in [1.29, 1.82) is 0 Å². The zero-order valence-electron chi connectivity index (χ0n) is 17.0. The van der Waals surface area contributed by atoms with Crippen LogP contribution in [0.25, 0.3) is 0 Å². The van der Waals surface area contributed by atoms with Gasteiger partial charge >= 0.3 is 0 Å². The van der Waals surface area contributed by atoms with Crippen LogP contribution in [0, 0.1) is 5.82 Å². The van der Waals surface area contributed by atoms with Crippen molar-refractivity contribution in [2.24, 2.45) is 0 Å². The number of hydrogen-bond donors (Lipinski definition) is 1. The first-order valence-electron chi connectivity index (χ1n) is 10.0. The van der Waals surface area contributed by atoms with Crippen molar-refractivity contribution in [1.82, 2.24) is 9.62 Å². The van der Waals surface area contributed by atoms with Gasteiger partial charge in [0.05, 0.1) is 4.90 Å². The highest BCUT2D eigenvalue weighted by Gasteiger charge is 2.29. The van der Waals surface area contributed by atoms with E-state index in [1.54, 1.807) is 48.6 Å². The lowest BCUT2D eigenvalue weighted by molar-refractivity contribution is 0.0939. The molecule has 1 amide bonds. The molecule has 1 N–H and O–H groups in total. The number of rotatable bonds is 6. The van der Waals surface area contributed by atoms with Crippen LogP contribution < -0.4 is 5.32 Å². The summed E-state index contributed by atoms with van der Waals surface area (Å²) < 4.78 is 41.6. The van der Waals surface area contributed by atoms with Gasteiger partial charge in [0.15, 0.2) is 0 Å². The van der Waals surface area contributed by atoms with Crippen molar-refractivity contribution in [2.75, 3.05) is 6.54 Å². The molecular weight excluding hydrogens is 435 g/mol. The maximum Gasteiger partial charge on any atom is 0.251 e. The molecule has 1 atom stereocenters. The van der Waals surface area contributed by atoms with E-state index in [0.717, 1.165) is 5.56 Å². The van der Waals surface area contributed by atoms with E-state index in [1.807, 2.05) is 11.4 Å². The number of amides is 1. The van der Waals surface area contributed by atoms with Gasteiger partial charge in [0.2, 0.25) is 10.0 Å². The fourth-order valence-electron chi connectivity index (χ4n) is 3.73. The lowest BCUT2D eigenvalue weighted by atomic mass is 10.1. The third-order valence-electron chi connectivity index (χ3n) is 5.37. The second-order valence-corrected chi connectivity index (χ2v) is 10.6. The zero-order chi connectivity index (χ0) is 22.0. The summed E-state index contributed by atoms with van der Waals surface area (Å²) in [5.41, 5.74) is 1.81. The summed E-state index contributed by atoms with van der Waals surface area (Å²) in [6.45, 7) is 2.56. The molecule has 1 aromatic heterocycles. The van der Waals surface area contributed by atoms with Crippen LogP contribution in [0.5, 0.6) is 0 Å². The van der Waals surface area contributed by atoms with Gasteiger partial charge in [0, 0.05) is 29.6 Å². The minimum absolute atomic E-state index is 0.0978. The van der Waals surface area contributed by atoms with Crippen LogP contribution in [-0.2, 0) is 29.4 Å². The molecule has 2 aromatic carbocycles. The van der Waals surface area contributed by atoms with Gasteiger partial charge in [-0.2, -0.15) is 4.31 Å². The van der Waals surface area contributed by atoms with Crippen LogP contribution >= 0.6 is 11.3 Å². The maximum atomic E-state index is 13.9. The van der Waals surface area contributed by atoms with E-state index in [1.165, 1.54) is 27.4 Å². The quantitative estimate of drug-likeness (QED) is 0.607. The smallest absolute Gasteiger partial charge is 0.251 e. The summed E-state index contributed by atoms with van der Waals surface area (Å²) in [4.78, 5) is 14.0. The van der Waals surface area contributed by atoms with Crippen LogP contribution in [0.2, 0.25) is 0 Å². The van der Waals surface area contributed by atoms with Crippen LogP contribution in [0.3, 0.4) is 0 Å². The number of thiophene rings is 1. The number of carbonyl (C=O) groups excluding carboxylic acids is 1. The van der Waals surface area contributed by atoms with E-state index in [4.69, 9.17) is 0 Å². The van der Waals surface area contributed by atoms with E-state index in [9.17, 15) is 17.6 Å². The Labute approximate surface area is 185 Å². The number of nitrogens with one attached hydrogen (secondary N) is 1. The summed E-state index contributed by atoms with van der Waals surface area (Å²) in [7, 11) is -3.71. The third kappa shape index (κ3) is 4.71. The molecule has 0 fully saturated rings. The Balaban J connectivity index is 1.47. The molecule has 5 nitrogen and oxygen atoms in total. The van der Waals surface area contributed by atoms with Gasteiger partial charge in [-0.3, -0.25) is 4.79 Å². The normalized spacial score (nSPS) is 15.3. The molecule has 0 bridgehead atoms. The highest BCUT2D eigenvalue weighted by Crippen LogP contribution is 2.28. The minimum Gasteiger partial charge on any atom is -0.349 e. The number of fused-ring (bicyclic) bond motifs is 1. The van der Waals surface area contributed by atoms with E-state index >= 15 is 0 Å². The first-order chi connectivity index (χ1) is 14.8. The molecule has 0 saturated carbocycles. The lowest BCUT2D eigenvalue weighted by Gasteiger charge is -2.26. The fraction of sp³-hybridized carbons (Fsp3) is 0.261. The molecule has 1 aliphatic heterocycles. The summed E-state index contributed by atoms with van der Waals surface area (Å²) in [6, 6.07) is 14.2. The predicted molar refractivity (Wildman–Crippen MR) is 119 cm³/mol. The highest BCUT2D eigenvalue weighted by molar-refractivity contribution is 7.89. The van der Waals surface area contributed by atoms with Crippen molar-refractivity contribution < 1.29 is 17.6 Å². The van der Waals surface area contributed by atoms with Gasteiger partial charge in [-0.25, -0.2) is 12.8 Å². The Bertz CT molecular complexity index is 1210. The topological polar surface area (TPSA) is 66.5 Å². The van der Waals surface area contributed by atoms with Crippen molar-refractivity contribution in [3.05, 3.63) is 87.4 Å². The number of benzene rings is 2. The van der Waals surface area contributed by atoms with Gasteiger partial charge in [-0.15, -0.1) is 11.3 Å². The van der Waals surface area contributed by atoms with Crippen LogP contribution in [0.1, 0.15) is 33.3 Å². The van der Waals surface area contributed by atoms with Gasteiger partial charge in [-0.05, 0) is 66.6 Å². The van der Waals surface area contributed by atoms with Crippen molar-refractivity contribution in [2.45, 2.75) is 37.2 Å². The standard InChI is InChI=1S/C23H23FN2O3S2/c1-16(13-17-5-2-3-8-21(17)24)25-23(27)18-6-4-7-20(14-18)31(28,29)26-11-9-22-19(15-26)10-12-30-22/h2-8,10,12,14,16H,9,11,13,15H2,1H3,(H,25,27). The van der Waals surface area contributed by atoms with E-state index in [0.29, 0.717) is 31.5 Å². The van der Waals surface area contributed by atoms with Crippen LogP contribution in [0.15, 0.2) is 64.9 Å². The minimum atomic E-state index is -3.71. The maximum absolute atomic E-state index is 13.9. The van der Waals surface area contributed by atoms with Crippen LogP contribution in [0.4, 0.5) is 4.39 Å². The molecule has 2 heterocycles. The largest absolute Gasteiger partial charge is 0.349 e. The second-order valence-electron chi connectivity index (χ2n) is 7.66. The van der Waals surface area contributed by atoms with E-state index in [-0.39, 0.29) is 28.2 Å². The first-order valence-corrected chi connectivity index (χ1v) is 12.4. The Morgan fingerprint density at radius 3 is 2.81 bits per heavy atom. The molecule has 162 valence electrons. The SMILES string of the molecule is CC(Cc1ccccc1F)NC(=O)c1cccc(S(=O)(=O)N2CCc3sccc3C2)c1. The number of halogens is 1. The van der Waals surface area contributed by atoms with Crippen molar-refractivity contribution >= 4 is 27.3 Å². The van der Waals surface area contributed by atoms with Gasteiger partial charge in [0.25, 0.3) is 5.91 Å². The molecule has 1 aliphatic rings. The number of hydrogen-bond acceptors (Lipinski definition) is 4. The number of carbonyl (C=O) groups is 1. The van der Waals surface area contributed by atoms with E-state index in [2.05, 4.69) is 5.32 Å². The van der Waals surface area contributed by atoms with Crippen molar-refractivity contribution in [3.63, 3.8) is 0 Å². The Morgan fingerprint density at radius 2 is 2.00 bits per heavy atom. The molecule has 31 heavy (non-hydrogen) atoms. The Kier molecular flexibility index (Phi) is 6.22. The molecule has 0 saturated heterocycles. The molecule has 4 rings (SSSR count). The fourth-order valence-corrected chi connectivity index (χ4v) is 6.08. The molecule has 0 aliphatic carbocycles. The molecular formula is C23H23FN2O3S2. The van der Waals surface area contributed by atoms with E-state index < -0.39 is 10.0 Å². The summed E-state index contributed by atoms with van der Waals surface area (Å²) in [6.07, 6.45) is 1.03. The summed E-state index contributed by atoms with van der Waals surface area (Å²) >= 11 is 1.65. The zero-order valence-corrected chi connectivity index (χ0v) is 18.7. The van der Waals surface area contributed by atoms with Gasteiger partial charge < -0.3 is 5.32 Å². The first kappa shape index (κ1) is 21.7. The van der Waals surface area contributed by atoms with Crippen molar-refractivity contribution in [3.8, 4) is 0 Å². The Hall–Kier alpha value is -2.55. The molecule has 0 radical (unpaired) electrons. The second kappa shape index (κ2) is 8.90. The summed E-state index contributed by atoms with van der Waals surface area (Å²) in [5.74, 6) is -0.702. The van der Waals surface area contributed by atoms with Gasteiger partial charge in [0.1, 0.15) is 5.82 Å². The number of sulfonamides is 1. The molecule has 3 aromatic rings. The monoisotopic (exact) mass is 458 g/mol. The Morgan fingerprint density at radius 1 is 1.19 bits per heavy atom. The molecule has 8 heteroatoms. The van der Waals surface area contributed by atoms with Gasteiger partial charge in [-0.1, -0.05) is 24.3 Å². The average Bonchev–Trinajstić information content (AvgIpc) is 3.23. The third-order valence-corrected chi connectivity index (χ3v) is 8.23. The average molecular weight is 459 g/mol. The molecule has 0 spiro atoms. The molecule has 1 unspecified atom stereocenters. The van der Waals surface area contributed by atoms with Crippen LogP contribution in [-0.4, -0.2) is 31.2 Å². The summed E-state index contributed by atoms with van der Waals surface area (Å²) in [5, 5.41) is 4.81. The lowest BCUT2D eigenvalue weighted by Crippen LogP contribution is -2.36.